The number of nitrogens with zero attached hydrogens (tertiary/aromatic N) is 3. The zero-order valence-corrected chi connectivity index (χ0v) is 13.5. The number of rotatable bonds is 3. The molecule has 0 bridgehead atoms. The monoisotopic (exact) mass is 310 g/mol. The highest BCUT2D eigenvalue weighted by atomic mass is 16.2. The van der Waals surface area contributed by atoms with Crippen LogP contribution in [0, 0.1) is 6.92 Å². The van der Waals surface area contributed by atoms with Gasteiger partial charge in [-0.2, -0.15) is 5.10 Å². The maximum atomic E-state index is 13.0. The molecule has 1 atom stereocenters. The number of nitrogens with one attached hydrogen (secondary N) is 1. The van der Waals surface area contributed by atoms with Gasteiger partial charge in [0, 0.05) is 18.0 Å². The first-order valence-electron chi connectivity index (χ1n) is 8.52. The Balaban J connectivity index is 1.60. The summed E-state index contributed by atoms with van der Waals surface area (Å²) in [5.41, 5.74) is 1.87. The van der Waals surface area contributed by atoms with E-state index in [1.165, 1.54) is 12.8 Å². The molecule has 1 aromatic heterocycles. The van der Waals surface area contributed by atoms with Gasteiger partial charge in [0.05, 0.1) is 6.04 Å². The van der Waals surface area contributed by atoms with Crippen LogP contribution in [0.1, 0.15) is 71.6 Å². The topological polar surface area (TPSA) is 61.9 Å². The second-order valence-corrected chi connectivity index (χ2v) is 6.73. The second-order valence-electron chi connectivity index (χ2n) is 6.73. The highest BCUT2D eigenvalue weighted by molar-refractivity contribution is 5.94. The van der Waals surface area contributed by atoms with Crippen LogP contribution in [0.15, 0.2) is 24.3 Å². The third-order valence-electron chi connectivity index (χ3n) is 4.81. The minimum absolute atomic E-state index is 0.0248. The number of hydrogen-bond donors (Lipinski definition) is 1. The van der Waals surface area contributed by atoms with E-state index in [0.29, 0.717) is 5.92 Å². The number of aromatic nitrogens is 3. The van der Waals surface area contributed by atoms with Crippen molar-refractivity contribution in [3.05, 3.63) is 47.0 Å². The first-order chi connectivity index (χ1) is 11.2. The molecule has 2 fully saturated rings. The summed E-state index contributed by atoms with van der Waals surface area (Å²) in [6.45, 7) is 2.81. The van der Waals surface area contributed by atoms with Gasteiger partial charge in [0.15, 0.2) is 5.82 Å². The molecule has 1 N–H and O–H groups in total. The zero-order valence-electron chi connectivity index (χ0n) is 13.5. The van der Waals surface area contributed by atoms with Gasteiger partial charge in [-0.1, -0.05) is 17.7 Å². The third kappa shape index (κ3) is 2.87. The van der Waals surface area contributed by atoms with Gasteiger partial charge in [0.25, 0.3) is 5.91 Å². The average molecular weight is 310 g/mol. The van der Waals surface area contributed by atoms with E-state index in [1.54, 1.807) is 0 Å². The summed E-state index contributed by atoms with van der Waals surface area (Å²) < 4.78 is 0. The minimum atomic E-state index is 0.0248. The van der Waals surface area contributed by atoms with E-state index in [2.05, 4.69) is 15.2 Å². The van der Waals surface area contributed by atoms with Gasteiger partial charge in [0.1, 0.15) is 5.82 Å². The van der Waals surface area contributed by atoms with Crippen LogP contribution >= 0.6 is 0 Å². The van der Waals surface area contributed by atoms with Crippen molar-refractivity contribution in [1.82, 2.24) is 20.1 Å². The molecule has 5 nitrogen and oxygen atoms in total. The number of benzene rings is 1. The molecule has 1 aliphatic carbocycles. The fourth-order valence-electron chi connectivity index (χ4n) is 3.36. The van der Waals surface area contributed by atoms with Crippen molar-refractivity contribution < 1.29 is 4.79 Å². The van der Waals surface area contributed by atoms with Crippen molar-refractivity contribution in [2.75, 3.05) is 6.54 Å². The van der Waals surface area contributed by atoms with Gasteiger partial charge in [0.2, 0.25) is 0 Å². The first-order valence-corrected chi connectivity index (χ1v) is 8.52. The average Bonchev–Trinajstić information content (AvgIpc) is 3.31. The van der Waals surface area contributed by atoms with Crippen molar-refractivity contribution in [3.8, 4) is 0 Å². The Kier molecular flexibility index (Phi) is 3.63. The molecule has 0 radical (unpaired) electrons. The Morgan fingerprint density at radius 1 is 1.26 bits per heavy atom. The smallest absolute Gasteiger partial charge is 0.254 e. The Hall–Kier alpha value is -2.17. The fraction of sp³-hybridized carbons (Fsp3) is 0.500. The zero-order chi connectivity index (χ0) is 15.8. The largest absolute Gasteiger partial charge is 0.328 e. The molecule has 2 heterocycles. The first kappa shape index (κ1) is 14.4. The normalized spacial score (nSPS) is 21.4. The van der Waals surface area contributed by atoms with Crippen LogP contribution in [0.2, 0.25) is 0 Å². The Morgan fingerprint density at radius 2 is 2.13 bits per heavy atom. The Labute approximate surface area is 136 Å². The van der Waals surface area contributed by atoms with Gasteiger partial charge in [-0.3, -0.25) is 9.89 Å². The van der Waals surface area contributed by atoms with Gasteiger partial charge in [-0.05, 0) is 51.2 Å². The van der Waals surface area contributed by atoms with Crippen molar-refractivity contribution in [1.29, 1.82) is 0 Å². The fourth-order valence-corrected chi connectivity index (χ4v) is 3.36. The number of amides is 1. The van der Waals surface area contributed by atoms with Crippen molar-refractivity contribution >= 4 is 5.91 Å². The molecular weight excluding hydrogens is 288 g/mol. The van der Waals surface area contributed by atoms with Crippen molar-refractivity contribution in [2.24, 2.45) is 0 Å². The molecule has 1 unspecified atom stereocenters. The van der Waals surface area contributed by atoms with Crippen molar-refractivity contribution in [3.63, 3.8) is 0 Å². The number of aromatic amines is 1. The molecule has 5 heteroatoms. The Bertz CT molecular complexity index is 719. The van der Waals surface area contributed by atoms with E-state index in [-0.39, 0.29) is 11.9 Å². The predicted octanol–water partition coefficient (Wildman–Crippen LogP) is 3.36. The lowest BCUT2D eigenvalue weighted by molar-refractivity contribution is 0.0600. The lowest BCUT2D eigenvalue weighted by Crippen LogP contribution is -2.39. The maximum absolute atomic E-state index is 13.0. The number of carbonyl (C=O) groups excluding carboxylic acids is 1. The number of H-pyrrole nitrogens is 1. The van der Waals surface area contributed by atoms with Crippen LogP contribution < -0.4 is 0 Å². The molecule has 1 aliphatic heterocycles. The highest BCUT2D eigenvalue weighted by Gasteiger charge is 2.33. The standard InChI is InChI=1S/C18H22N4O/c1-12-5-4-6-14(11-12)18(23)22-10-3-2-7-15(22)17-19-16(20-21-17)13-8-9-13/h4-6,11,13,15H,2-3,7-10H2,1H3,(H,19,20,21). The summed E-state index contributed by atoms with van der Waals surface area (Å²) in [4.78, 5) is 19.6. The number of carbonyl (C=O) groups is 1. The summed E-state index contributed by atoms with van der Waals surface area (Å²) in [6.07, 6.45) is 5.51. The molecule has 23 heavy (non-hydrogen) atoms. The number of piperidine rings is 1. The highest BCUT2D eigenvalue weighted by Crippen LogP contribution is 2.39. The van der Waals surface area contributed by atoms with Crippen LogP contribution in [0.4, 0.5) is 0 Å². The van der Waals surface area contributed by atoms with Crippen LogP contribution in [-0.2, 0) is 0 Å². The molecule has 0 spiro atoms. The molecule has 120 valence electrons. The Morgan fingerprint density at radius 3 is 2.91 bits per heavy atom. The summed E-state index contributed by atoms with van der Waals surface area (Å²) in [5.74, 6) is 2.41. The number of hydrogen-bond acceptors (Lipinski definition) is 3. The van der Waals surface area contributed by atoms with Gasteiger partial charge >= 0.3 is 0 Å². The van der Waals surface area contributed by atoms with Crippen LogP contribution in [0.5, 0.6) is 0 Å². The molecule has 1 saturated carbocycles. The number of aryl methyl sites for hydroxylation is 1. The van der Waals surface area contributed by atoms with E-state index in [0.717, 1.165) is 48.6 Å². The van der Waals surface area contributed by atoms with Crippen LogP contribution in [0.25, 0.3) is 0 Å². The molecule has 4 rings (SSSR count). The predicted molar refractivity (Wildman–Crippen MR) is 87.2 cm³/mol. The SMILES string of the molecule is Cc1cccc(C(=O)N2CCCCC2c2nc(C3CC3)n[nH]2)c1. The molecular formula is C18H22N4O. The molecule has 2 aromatic rings. The maximum Gasteiger partial charge on any atom is 0.254 e. The quantitative estimate of drug-likeness (QED) is 0.945. The van der Waals surface area contributed by atoms with E-state index in [9.17, 15) is 4.79 Å². The van der Waals surface area contributed by atoms with Gasteiger partial charge in [-0.25, -0.2) is 4.98 Å². The number of likely N-dealkylation sites (tertiary alicyclic amines) is 1. The lowest BCUT2D eigenvalue weighted by Gasteiger charge is -2.34. The van der Waals surface area contributed by atoms with E-state index >= 15 is 0 Å². The van der Waals surface area contributed by atoms with E-state index < -0.39 is 0 Å². The second kappa shape index (κ2) is 5.80. The lowest BCUT2D eigenvalue weighted by atomic mass is 10.00. The molecule has 1 aromatic carbocycles. The van der Waals surface area contributed by atoms with E-state index in [1.807, 2.05) is 36.1 Å². The van der Waals surface area contributed by atoms with Gasteiger partial charge < -0.3 is 4.90 Å². The van der Waals surface area contributed by atoms with Crippen LogP contribution in [0.3, 0.4) is 0 Å². The summed E-state index contributed by atoms with van der Waals surface area (Å²) in [7, 11) is 0. The summed E-state index contributed by atoms with van der Waals surface area (Å²) in [5, 5.41) is 7.45. The van der Waals surface area contributed by atoms with E-state index in [4.69, 9.17) is 0 Å². The van der Waals surface area contributed by atoms with Crippen molar-refractivity contribution in [2.45, 2.75) is 51.0 Å². The van der Waals surface area contributed by atoms with Crippen LogP contribution in [-0.4, -0.2) is 32.5 Å². The summed E-state index contributed by atoms with van der Waals surface area (Å²) in [6, 6.07) is 7.85. The van der Waals surface area contributed by atoms with Gasteiger partial charge in [-0.15, -0.1) is 0 Å². The molecule has 2 aliphatic rings. The molecule has 1 saturated heterocycles. The third-order valence-corrected chi connectivity index (χ3v) is 4.81. The minimum Gasteiger partial charge on any atom is -0.328 e. The molecule has 1 amide bonds. The summed E-state index contributed by atoms with van der Waals surface area (Å²) >= 11 is 0.